The Morgan fingerprint density at radius 3 is 2.80 bits per heavy atom. The molecular formula is C17H15FN4O2S. The van der Waals surface area contributed by atoms with E-state index in [1.54, 1.807) is 0 Å². The van der Waals surface area contributed by atoms with Crippen LogP contribution in [0, 0.1) is 19.7 Å². The van der Waals surface area contributed by atoms with E-state index in [1.807, 2.05) is 13.8 Å². The Morgan fingerprint density at radius 2 is 2.08 bits per heavy atom. The van der Waals surface area contributed by atoms with Gasteiger partial charge in [0.1, 0.15) is 17.2 Å². The van der Waals surface area contributed by atoms with E-state index >= 15 is 0 Å². The number of hydrazone groups is 1. The fourth-order valence-corrected chi connectivity index (χ4v) is 3.29. The number of benzene rings is 1. The number of carbonyl (C=O) groups excluding carboxylic acids is 1. The average Bonchev–Trinajstić information content (AvgIpc) is 2.87. The number of nitrogens with one attached hydrogen (secondary N) is 1. The molecule has 0 fully saturated rings. The van der Waals surface area contributed by atoms with Gasteiger partial charge in [-0.05, 0) is 37.1 Å². The second-order valence-electron chi connectivity index (χ2n) is 5.49. The lowest BCUT2D eigenvalue weighted by molar-refractivity contribution is -0.121. The van der Waals surface area contributed by atoms with Crippen LogP contribution in [0.1, 0.15) is 16.0 Å². The maximum absolute atomic E-state index is 12.8. The first-order chi connectivity index (χ1) is 12.0. The molecule has 0 saturated carbocycles. The highest BCUT2D eigenvalue weighted by molar-refractivity contribution is 7.18. The van der Waals surface area contributed by atoms with Gasteiger partial charge in [-0.1, -0.05) is 12.1 Å². The van der Waals surface area contributed by atoms with Gasteiger partial charge in [-0.3, -0.25) is 14.2 Å². The zero-order chi connectivity index (χ0) is 18.0. The number of aryl methyl sites for hydroxylation is 2. The van der Waals surface area contributed by atoms with Crippen molar-refractivity contribution in [3.8, 4) is 0 Å². The van der Waals surface area contributed by atoms with E-state index in [4.69, 9.17) is 0 Å². The highest BCUT2D eigenvalue weighted by Crippen LogP contribution is 2.25. The molecule has 0 unspecified atom stereocenters. The average molecular weight is 358 g/mol. The smallest absolute Gasteiger partial charge is 0.262 e. The SMILES string of the molecule is Cc1sc2ncn(CC(=O)NN=Cc3ccc(F)cc3)c(=O)c2c1C. The molecule has 0 atom stereocenters. The van der Waals surface area contributed by atoms with Crippen LogP contribution in [0.3, 0.4) is 0 Å². The van der Waals surface area contributed by atoms with Crippen LogP contribution in [0.4, 0.5) is 4.39 Å². The number of hydrogen-bond acceptors (Lipinski definition) is 5. The van der Waals surface area contributed by atoms with Gasteiger partial charge in [0.25, 0.3) is 11.5 Å². The molecule has 3 rings (SSSR count). The Hall–Kier alpha value is -2.87. The number of halogens is 1. The van der Waals surface area contributed by atoms with Gasteiger partial charge in [-0.2, -0.15) is 5.10 Å². The largest absolute Gasteiger partial charge is 0.289 e. The van der Waals surface area contributed by atoms with Crippen LogP contribution < -0.4 is 11.0 Å². The first kappa shape index (κ1) is 17.0. The number of aromatic nitrogens is 2. The normalized spacial score (nSPS) is 11.3. The summed E-state index contributed by atoms with van der Waals surface area (Å²) in [6, 6.07) is 5.67. The molecule has 6 nitrogen and oxygen atoms in total. The fourth-order valence-electron chi connectivity index (χ4n) is 2.30. The molecule has 0 spiro atoms. The summed E-state index contributed by atoms with van der Waals surface area (Å²) in [4.78, 5) is 30.4. The molecule has 0 aliphatic carbocycles. The molecule has 2 heterocycles. The lowest BCUT2D eigenvalue weighted by Crippen LogP contribution is -2.30. The van der Waals surface area contributed by atoms with E-state index < -0.39 is 5.91 Å². The Morgan fingerprint density at radius 1 is 1.36 bits per heavy atom. The van der Waals surface area contributed by atoms with Crippen molar-refractivity contribution in [2.24, 2.45) is 5.10 Å². The molecular weight excluding hydrogens is 343 g/mol. The Kier molecular flexibility index (Phi) is 4.71. The van der Waals surface area contributed by atoms with Gasteiger partial charge in [-0.25, -0.2) is 14.8 Å². The number of hydrogen-bond donors (Lipinski definition) is 1. The van der Waals surface area contributed by atoms with Crippen LogP contribution in [-0.4, -0.2) is 21.7 Å². The number of carbonyl (C=O) groups is 1. The van der Waals surface area contributed by atoms with Gasteiger partial charge < -0.3 is 0 Å². The Balaban J connectivity index is 1.71. The van der Waals surface area contributed by atoms with Gasteiger partial charge in [0.2, 0.25) is 0 Å². The molecule has 0 saturated heterocycles. The summed E-state index contributed by atoms with van der Waals surface area (Å²) in [5.74, 6) is -0.798. The van der Waals surface area contributed by atoms with Crippen molar-refractivity contribution in [1.82, 2.24) is 15.0 Å². The summed E-state index contributed by atoms with van der Waals surface area (Å²) in [7, 11) is 0. The van der Waals surface area contributed by atoms with Crippen LogP contribution in [-0.2, 0) is 11.3 Å². The number of amides is 1. The van der Waals surface area contributed by atoms with E-state index in [9.17, 15) is 14.0 Å². The maximum Gasteiger partial charge on any atom is 0.262 e. The van der Waals surface area contributed by atoms with Crippen molar-refractivity contribution in [2.75, 3.05) is 0 Å². The third-order valence-corrected chi connectivity index (χ3v) is 4.86. The summed E-state index contributed by atoms with van der Waals surface area (Å²) in [5, 5.41) is 4.35. The molecule has 0 aliphatic rings. The molecule has 0 radical (unpaired) electrons. The topological polar surface area (TPSA) is 76.3 Å². The molecule has 0 aliphatic heterocycles. The highest BCUT2D eigenvalue weighted by Gasteiger charge is 2.13. The van der Waals surface area contributed by atoms with E-state index in [1.165, 1.54) is 52.7 Å². The molecule has 1 aromatic carbocycles. The van der Waals surface area contributed by atoms with Crippen molar-refractivity contribution in [3.63, 3.8) is 0 Å². The highest BCUT2D eigenvalue weighted by atomic mass is 32.1. The summed E-state index contributed by atoms with van der Waals surface area (Å²) < 4.78 is 14.1. The number of rotatable bonds is 4. The number of nitrogens with zero attached hydrogens (tertiary/aromatic N) is 3. The van der Waals surface area contributed by atoms with E-state index in [0.717, 1.165) is 10.4 Å². The van der Waals surface area contributed by atoms with Gasteiger partial charge in [0.15, 0.2) is 0 Å². The number of fused-ring (bicyclic) bond motifs is 1. The van der Waals surface area contributed by atoms with Crippen molar-refractivity contribution in [2.45, 2.75) is 20.4 Å². The lowest BCUT2D eigenvalue weighted by Gasteiger charge is -2.04. The van der Waals surface area contributed by atoms with E-state index in [2.05, 4.69) is 15.5 Å². The second-order valence-corrected chi connectivity index (χ2v) is 6.69. The second kappa shape index (κ2) is 6.94. The van der Waals surface area contributed by atoms with Crippen LogP contribution in [0.2, 0.25) is 0 Å². The molecule has 3 aromatic rings. The quantitative estimate of drug-likeness (QED) is 0.575. The lowest BCUT2D eigenvalue weighted by atomic mass is 10.2. The van der Waals surface area contributed by atoms with Gasteiger partial charge in [0, 0.05) is 4.88 Å². The first-order valence-corrected chi connectivity index (χ1v) is 8.30. The first-order valence-electron chi connectivity index (χ1n) is 7.48. The molecule has 25 heavy (non-hydrogen) atoms. The molecule has 2 aromatic heterocycles. The van der Waals surface area contributed by atoms with Gasteiger partial charge in [-0.15, -0.1) is 11.3 Å². The van der Waals surface area contributed by atoms with Crippen molar-refractivity contribution in [3.05, 3.63) is 62.8 Å². The number of thiophene rings is 1. The standard InChI is InChI=1S/C17H15FN4O2S/c1-10-11(2)25-16-15(10)17(24)22(9-19-16)8-14(23)21-20-7-12-3-5-13(18)6-4-12/h3-7,9H,8H2,1-2H3,(H,21,23). The summed E-state index contributed by atoms with van der Waals surface area (Å²) in [6.07, 6.45) is 2.76. The molecule has 1 amide bonds. The predicted octanol–water partition coefficient (Wildman–Crippen LogP) is 2.36. The molecule has 8 heteroatoms. The summed E-state index contributed by atoms with van der Waals surface area (Å²) in [5.41, 5.74) is 3.63. The summed E-state index contributed by atoms with van der Waals surface area (Å²) >= 11 is 1.46. The zero-order valence-electron chi connectivity index (χ0n) is 13.6. The maximum atomic E-state index is 12.8. The van der Waals surface area contributed by atoms with Crippen LogP contribution in [0.25, 0.3) is 10.2 Å². The summed E-state index contributed by atoms with van der Waals surface area (Å²) in [6.45, 7) is 3.62. The molecule has 128 valence electrons. The molecule has 0 bridgehead atoms. The third kappa shape index (κ3) is 3.63. The van der Waals surface area contributed by atoms with Crippen molar-refractivity contribution in [1.29, 1.82) is 0 Å². The van der Waals surface area contributed by atoms with Crippen molar-refractivity contribution < 1.29 is 9.18 Å². The van der Waals surface area contributed by atoms with Crippen LogP contribution in [0.5, 0.6) is 0 Å². The van der Waals surface area contributed by atoms with E-state index in [0.29, 0.717) is 15.8 Å². The fraction of sp³-hybridized carbons (Fsp3) is 0.176. The van der Waals surface area contributed by atoms with Crippen LogP contribution in [0.15, 0.2) is 40.5 Å². The minimum absolute atomic E-state index is 0.184. The monoisotopic (exact) mass is 358 g/mol. The zero-order valence-corrected chi connectivity index (χ0v) is 14.4. The van der Waals surface area contributed by atoms with Crippen LogP contribution >= 0.6 is 11.3 Å². The Bertz CT molecular complexity index is 1020. The minimum atomic E-state index is -0.453. The predicted molar refractivity (Wildman–Crippen MR) is 95.5 cm³/mol. The molecule has 1 N–H and O–H groups in total. The minimum Gasteiger partial charge on any atom is -0.289 e. The van der Waals surface area contributed by atoms with Gasteiger partial charge in [0.05, 0.1) is 17.9 Å². The van der Waals surface area contributed by atoms with Crippen molar-refractivity contribution >= 4 is 33.7 Å². The third-order valence-electron chi connectivity index (χ3n) is 3.74. The van der Waals surface area contributed by atoms with Gasteiger partial charge >= 0.3 is 0 Å². The Labute approximate surface area is 146 Å². The van der Waals surface area contributed by atoms with E-state index in [-0.39, 0.29) is 17.9 Å².